The van der Waals surface area contributed by atoms with Crippen molar-refractivity contribution >= 4 is 27.9 Å². The lowest BCUT2D eigenvalue weighted by atomic mass is 10.1. The smallest absolute Gasteiger partial charge is 0.416 e. The highest BCUT2D eigenvalue weighted by molar-refractivity contribution is 9.11. The van der Waals surface area contributed by atoms with Crippen LogP contribution in [0, 0.1) is 0 Å². The van der Waals surface area contributed by atoms with Gasteiger partial charge in [0.05, 0.1) is 6.54 Å². The third kappa shape index (κ3) is 5.35. The van der Waals surface area contributed by atoms with Crippen LogP contribution < -0.4 is 0 Å². The van der Waals surface area contributed by atoms with E-state index >= 15 is 0 Å². The van der Waals surface area contributed by atoms with Gasteiger partial charge in [-0.3, -0.25) is 4.79 Å². The highest BCUT2D eigenvalue weighted by atomic mass is 79.9. The van der Waals surface area contributed by atoms with E-state index in [1.807, 2.05) is 6.92 Å². The summed E-state index contributed by atoms with van der Waals surface area (Å²) in [5.41, 5.74) is 0. The summed E-state index contributed by atoms with van der Waals surface area (Å²) in [5, 5.41) is 0. The van der Waals surface area contributed by atoms with Gasteiger partial charge in [-0.2, -0.15) is 0 Å². The van der Waals surface area contributed by atoms with Gasteiger partial charge in [-0.25, -0.2) is 9.69 Å². The number of carbonyl (C=O) groups is 2. The number of imide groups is 1. The van der Waals surface area contributed by atoms with Crippen LogP contribution in [0.5, 0.6) is 0 Å². The second kappa shape index (κ2) is 7.48. The van der Waals surface area contributed by atoms with E-state index in [1.54, 1.807) is 0 Å². The van der Waals surface area contributed by atoms with Gasteiger partial charge in [-0.1, -0.05) is 28.4 Å². The number of hydrogen-bond donors (Lipinski definition) is 0. The third-order valence-electron chi connectivity index (χ3n) is 2.58. The van der Waals surface area contributed by atoms with E-state index in [1.165, 1.54) is 4.90 Å². The SMILES string of the molecule is C/C(Br)=C/CCCCCC(=O)N1CCOC1=O. The number of nitrogens with zero attached hydrogens (tertiary/aromatic N) is 1. The van der Waals surface area contributed by atoms with Crippen LogP contribution in [-0.4, -0.2) is 30.1 Å². The van der Waals surface area contributed by atoms with Crippen molar-refractivity contribution in [2.45, 2.75) is 39.0 Å². The van der Waals surface area contributed by atoms with E-state index in [-0.39, 0.29) is 5.91 Å². The highest BCUT2D eigenvalue weighted by Crippen LogP contribution is 2.11. The molecule has 0 N–H and O–H groups in total. The number of halogens is 1. The van der Waals surface area contributed by atoms with Gasteiger partial charge < -0.3 is 4.74 Å². The van der Waals surface area contributed by atoms with Crippen molar-refractivity contribution in [3.05, 3.63) is 10.6 Å². The summed E-state index contributed by atoms with van der Waals surface area (Å²) in [5.74, 6) is -0.111. The van der Waals surface area contributed by atoms with Crippen LogP contribution in [0.1, 0.15) is 39.0 Å². The number of cyclic esters (lactones) is 1. The number of amides is 2. The molecule has 0 radical (unpaired) electrons. The molecule has 2 amide bonds. The fourth-order valence-corrected chi connectivity index (χ4v) is 1.88. The zero-order valence-electron chi connectivity index (χ0n) is 10.1. The van der Waals surface area contributed by atoms with Crippen LogP contribution in [0.2, 0.25) is 0 Å². The Kier molecular flexibility index (Phi) is 6.26. The molecule has 0 bridgehead atoms. The molecule has 1 fully saturated rings. The third-order valence-corrected chi connectivity index (χ3v) is 2.91. The summed E-state index contributed by atoms with van der Waals surface area (Å²) < 4.78 is 5.86. The van der Waals surface area contributed by atoms with Crippen molar-refractivity contribution < 1.29 is 14.3 Å². The van der Waals surface area contributed by atoms with Gasteiger partial charge in [-0.05, 0) is 30.7 Å². The standard InChI is InChI=1S/C12H18BrNO3/c1-10(13)6-4-2-3-5-7-11(15)14-8-9-17-12(14)16/h6H,2-5,7-9H2,1H3/b10-6-. The van der Waals surface area contributed by atoms with E-state index < -0.39 is 6.09 Å². The lowest BCUT2D eigenvalue weighted by molar-refractivity contribution is -0.127. The first-order chi connectivity index (χ1) is 8.11. The fourth-order valence-electron chi connectivity index (χ4n) is 1.65. The van der Waals surface area contributed by atoms with E-state index in [2.05, 4.69) is 22.0 Å². The number of rotatable bonds is 6. The van der Waals surface area contributed by atoms with Crippen LogP contribution in [0.4, 0.5) is 4.79 Å². The molecular formula is C12H18BrNO3. The Bertz CT molecular complexity index is 311. The molecule has 0 spiro atoms. The van der Waals surface area contributed by atoms with Gasteiger partial charge in [0, 0.05) is 6.42 Å². The van der Waals surface area contributed by atoms with Crippen molar-refractivity contribution in [3.8, 4) is 0 Å². The number of carbonyl (C=O) groups excluding carboxylic acids is 2. The van der Waals surface area contributed by atoms with Gasteiger partial charge in [0.1, 0.15) is 6.61 Å². The molecule has 1 rings (SSSR count). The maximum atomic E-state index is 11.6. The first-order valence-electron chi connectivity index (χ1n) is 5.90. The molecule has 0 saturated carbocycles. The van der Waals surface area contributed by atoms with Crippen molar-refractivity contribution in [3.63, 3.8) is 0 Å². The van der Waals surface area contributed by atoms with Crippen molar-refractivity contribution in [2.75, 3.05) is 13.2 Å². The van der Waals surface area contributed by atoms with Crippen molar-refractivity contribution in [2.24, 2.45) is 0 Å². The second-order valence-corrected chi connectivity index (χ2v) is 5.30. The molecule has 0 aromatic heterocycles. The van der Waals surface area contributed by atoms with Gasteiger partial charge in [0.15, 0.2) is 0 Å². The minimum atomic E-state index is -0.493. The molecule has 0 atom stereocenters. The predicted molar refractivity (Wildman–Crippen MR) is 68.8 cm³/mol. The Morgan fingerprint density at radius 2 is 2.24 bits per heavy atom. The fraction of sp³-hybridized carbons (Fsp3) is 0.667. The molecule has 1 aliphatic rings. The number of allylic oxidation sites excluding steroid dienone is 2. The molecule has 0 aromatic carbocycles. The molecule has 5 heteroatoms. The van der Waals surface area contributed by atoms with Crippen molar-refractivity contribution in [1.29, 1.82) is 0 Å². The molecule has 0 aromatic rings. The van der Waals surface area contributed by atoms with Gasteiger partial charge in [0.2, 0.25) is 5.91 Å². The summed E-state index contributed by atoms with van der Waals surface area (Å²) in [6.45, 7) is 2.74. The summed E-state index contributed by atoms with van der Waals surface area (Å²) in [6, 6.07) is 0. The average Bonchev–Trinajstić information content (AvgIpc) is 2.69. The van der Waals surface area contributed by atoms with Crippen LogP contribution in [0.15, 0.2) is 10.6 Å². The first kappa shape index (κ1) is 14.2. The molecular weight excluding hydrogens is 286 g/mol. The quantitative estimate of drug-likeness (QED) is 0.708. The summed E-state index contributed by atoms with van der Waals surface area (Å²) in [4.78, 5) is 23.9. The highest BCUT2D eigenvalue weighted by Gasteiger charge is 2.27. The Morgan fingerprint density at radius 3 is 2.82 bits per heavy atom. The predicted octanol–water partition coefficient (Wildman–Crippen LogP) is 3.21. The van der Waals surface area contributed by atoms with Crippen LogP contribution in [-0.2, 0) is 9.53 Å². The minimum absolute atomic E-state index is 0.111. The van der Waals surface area contributed by atoms with Crippen LogP contribution in [0.25, 0.3) is 0 Å². The molecule has 1 saturated heterocycles. The first-order valence-corrected chi connectivity index (χ1v) is 6.70. The molecule has 17 heavy (non-hydrogen) atoms. The van der Waals surface area contributed by atoms with Gasteiger partial charge in [0.25, 0.3) is 0 Å². The molecule has 0 unspecified atom stereocenters. The summed E-state index contributed by atoms with van der Waals surface area (Å²) in [6.07, 6.45) is 6.00. The average molecular weight is 304 g/mol. The normalized spacial score (nSPS) is 16.2. The Labute approximate surface area is 110 Å². The zero-order valence-corrected chi connectivity index (χ0v) is 11.7. The van der Waals surface area contributed by atoms with E-state index in [9.17, 15) is 9.59 Å². The molecule has 0 aliphatic carbocycles. The maximum absolute atomic E-state index is 11.6. The Hall–Kier alpha value is -0.840. The maximum Gasteiger partial charge on any atom is 0.416 e. The van der Waals surface area contributed by atoms with Crippen LogP contribution >= 0.6 is 15.9 Å². The number of hydrogen-bond acceptors (Lipinski definition) is 3. The summed E-state index contributed by atoms with van der Waals surface area (Å²) in [7, 11) is 0. The lowest BCUT2D eigenvalue weighted by Crippen LogP contribution is -2.31. The Balaban J connectivity index is 2.08. The minimum Gasteiger partial charge on any atom is -0.447 e. The molecule has 1 heterocycles. The van der Waals surface area contributed by atoms with E-state index in [0.29, 0.717) is 19.6 Å². The molecule has 1 aliphatic heterocycles. The van der Waals surface area contributed by atoms with E-state index in [0.717, 1.165) is 30.2 Å². The topological polar surface area (TPSA) is 46.6 Å². The number of ether oxygens (including phenoxy) is 1. The molecule has 96 valence electrons. The van der Waals surface area contributed by atoms with Gasteiger partial charge in [-0.15, -0.1) is 0 Å². The Morgan fingerprint density at radius 1 is 1.47 bits per heavy atom. The van der Waals surface area contributed by atoms with Crippen LogP contribution in [0.3, 0.4) is 0 Å². The molecule has 4 nitrogen and oxygen atoms in total. The van der Waals surface area contributed by atoms with E-state index in [4.69, 9.17) is 4.74 Å². The largest absolute Gasteiger partial charge is 0.447 e. The number of unbranched alkanes of at least 4 members (excludes halogenated alkanes) is 3. The second-order valence-electron chi connectivity index (χ2n) is 4.05. The lowest BCUT2D eigenvalue weighted by Gasteiger charge is -2.09. The van der Waals surface area contributed by atoms with Crippen molar-refractivity contribution in [1.82, 2.24) is 4.90 Å². The summed E-state index contributed by atoms with van der Waals surface area (Å²) >= 11 is 3.37. The zero-order chi connectivity index (χ0) is 12.7. The van der Waals surface area contributed by atoms with Gasteiger partial charge >= 0.3 is 6.09 Å². The monoisotopic (exact) mass is 303 g/mol.